The van der Waals surface area contributed by atoms with E-state index in [0.29, 0.717) is 19.0 Å². The van der Waals surface area contributed by atoms with Gasteiger partial charge in [-0.15, -0.1) is 0 Å². The third-order valence-corrected chi connectivity index (χ3v) is 6.78. The predicted molar refractivity (Wildman–Crippen MR) is 122 cm³/mol. The van der Waals surface area contributed by atoms with Crippen LogP contribution in [0.4, 0.5) is 0 Å². The number of fused-ring (bicyclic) bond motifs is 1. The maximum atomic E-state index is 12.8. The van der Waals surface area contributed by atoms with Gasteiger partial charge in [-0.1, -0.05) is 43.7 Å². The molecule has 1 aromatic heterocycles. The van der Waals surface area contributed by atoms with Crippen LogP contribution in [0.15, 0.2) is 41.2 Å². The van der Waals surface area contributed by atoms with E-state index in [9.17, 15) is 9.59 Å². The van der Waals surface area contributed by atoms with Crippen molar-refractivity contribution >= 4 is 5.91 Å². The highest BCUT2D eigenvalue weighted by Gasteiger charge is 2.28. The molecule has 3 heterocycles. The first-order valence-corrected chi connectivity index (χ1v) is 11.6. The number of rotatable bonds is 6. The van der Waals surface area contributed by atoms with Gasteiger partial charge in [-0.05, 0) is 37.3 Å². The first-order chi connectivity index (χ1) is 15.0. The van der Waals surface area contributed by atoms with Crippen LogP contribution in [0.5, 0.6) is 0 Å². The molecule has 2 aliphatic rings. The van der Waals surface area contributed by atoms with Crippen LogP contribution in [0.3, 0.4) is 0 Å². The Morgan fingerprint density at radius 3 is 2.81 bits per heavy atom. The van der Waals surface area contributed by atoms with Crippen LogP contribution in [-0.4, -0.2) is 58.5 Å². The second-order valence-electron chi connectivity index (χ2n) is 9.20. The lowest BCUT2D eigenvalue weighted by molar-refractivity contribution is -0.131. The van der Waals surface area contributed by atoms with Crippen molar-refractivity contribution < 1.29 is 4.79 Å². The fourth-order valence-corrected chi connectivity index (χ4v) is 4.87. The summed E-state index contributed by atoms with van der Waals surface area (Å²) in [5.74, 6) is 1.64. The second kappa shape index (κ2) is 9.77. The molecule has 1 fully saturated rings. The highest BCUT2D eigenvalue weighted by molar-refractivity contribution is 5.78. The minimum absolute atomic E-state index is 0.0889. The molecule has 0 saturated carbocycles. The summed E-state index contributed by atoms with van der Waals surface area (Å²) >= 11 is 0. The smallest absolute Gasteiger partial charge is 0.253 e. The molecular weight excluding hydrogens is 388 g/mol. The predicted octanol–water partition coefficient (Wildman–Crippen LogP) is 3.02. The SMILES string of the molecule is C[C@H](CN(C)C(=O)CN1CC[C@H](c2cc(=O)n3c(n2)CCCCC3)C1)c1ccccc1. The molecule has 0 unspecified atom stereocenters. The maximum Gasteiger partial charge on any atom is 0.253 e. The van der Waals surface area contributed by atoms with Crippen LogP contribution in [-0.2, 0) is 17.8 Å². The number of aryl methyl sites for hydroxylation is 1. The zero-order chi connectivity index (χ0) is 21.8. The van der Waals surface area contributed by atoms with Crippen LogP contribution in [0.25, 0.3) is 0 Å². The first-order valence-electron chi connectivity index (χ1n) is 11.6. The fourth-order valence-electron chi connectivity index (χ4n) is 4.87. The summed E-state index contributed by atoms with van der Waals surface area (Å²) in [6.07, 6.45) is 5.17. The molecule has 6 nitrogen and oxygen atoms in total. The molecule has 1 amide bonds. The minimum atomic E-state index is 0.0889. The Kier molecular flexibility index (Phi) is 6.86. The van der Waals surface area contributed by atoms with Gasteiger partial charge in [-0.3, -0.25) is 19.1 Å². The molecule has 0 radical (unpaired) electrons. The van der Waals surface area contributed by atoms with E-state index in [1.54, 1.807) is 6.07 Å². The monoisotopic (exact) mass is 422 g/mol. The van der Waals surface area contributed by atoms with Crippen molar-refractivity contribution in [2.45, 2.75) is 57.4 Å². The van der Waals surface area contributed by atoms with E-state index >= 15 is 0 Å². The van der Waals surface area contributed by atoms with Crippen LogP contribution in [0, 0.1) is 0 Å². The van der Waals surface area contributed by atoms with Gasteiger partial charge in [-0.2, -0.15) is 0 Å². The van der Waals surface area contributed by atoms with Gasteiger partial charge in [0.05, 0.1) is 12.2 Å². The molecule has 0 aliphatic carbocycles. The molecule has 0 bridgehead atoms. The van der Waals surface area contributed by atoms with E-state index in [1.807, 2.05) is 34.7 Å². The largest absolute Gasteiger partial charge is 0.344 e. The lowest BCUT2D eigenvalue weighted by atomic mass is 10.0. The van der Waals surface area contributed by atoms with Crippen LogP contribution < -0.4 is 5.56 Å². The molecule has 31 heavy (non-hydrogen) atoms. The number of amides is 1. The van der Waals surface area contributed by atoms with Crippen molar-refractivity contribution in [3.8, 4) is 0 Å². The summed E-state index contributed by atoms with van der Waals surface area (Å²) in [4.78, 5) is 34.4. The molecule has 2 aromatic rings. The fraction of sp³-hybridized carbons (Fsp3) is 0.560. The molecule has 1 saturated heterocycles. The summed E-state index contributed by atoms with van der Waals surface area (Å²) < 4.78 is 1.86. The van der Waals surface area contributed by atoms with Crippen molar-refractivity contribution in [1.29, 1.82) is 0 Å². The zero-order valence-corrected chi connectivity index (χ0v) is 18.8. The normalized spacial score (nSPS) is 20.1. The average molecular weight is 423 g/mol. The maximum absolute atomic E-state index is 12.8. The number of carbonyl (C=O) groups excluding carboxylic acids is 1. The topological polar surface area (TPSA) is 58.4 Å². The molecule has 166 valence electrons. The number of likely N-dealkylation sites (N-methyl/N-ethyl adjacent to an activating group) is 1. The third-order valence-electron chi connectivity index (χ3n) is 6.78. The number of nitrogens with zero attached hydrogens (tertiary/aromatic N) is 4. The number of carbonyl (C=O) groups is 1. The summed E-state index contributed by atoms with van der Waals surface area (Å²) in [5, 5.41) is 0. The standard InChI is InChI=1S/C25H34N4O2/c1-19(20-9-5-3-6-10-20)16-27(2)25(31)18-28-14-12-21(17-28)22-15-24(30)29-13-8-4-7-11-23(29)26-22/h3,5-6,9-10,15,19,21H,4,7-8,11-14,16-18H2,1-2H3/t19-,21+/m1/s1. The summed E-state index contributed by atoms with van der Waals surface area (Å²) in [5.41, 5.74) is 2.26. The molecule has 6 heteroatoms. The Labute approximate surface area is 184 Å². The Morgan fingerprint density at radius 1 is 1.19 bits per heavy atom. The van der Waals surface area contributed by atoms with Gasteiger partial charge < -0.3 is 4.90 Å². The van der Waals surface area contributed by atoms with Crippen LogP contribution in [0.2, 0.25) is 0 Å². The Hall–Kier alpha value is -2.47. The van der Waals surface area contributed by atoms with Crippen molar-refractivity contribution in [2.24, 2.45) is 0 Å². The van der Waals surface area contributed by atoms with Crippen molar-refractivity contribution in [1.82, 2.24) is 19.4 Å². The lowest BCUT2D eigenvalue weighted by Gasteiger charge is -2.24. The molecule has 0 spiro atoms. The van der Waals surface area contributed by atoms with Crippen LogP contribution in [0.1, 0.15) is 61.5 Å². The minimum Gasteiger partial charge on any atom is -0.344 e. The van der Waals surface area contributed by atoms with Gasteiger partial charge >= 0.3 is 0 Å². The van der Waals surface area contributed by atoms with Crippen molar-refractivity contribution in [3.05, 3.63) is 63.8 Å². The van der Waals surface area contributed by atoms with Crippen molar-refractivity contribution in [2.75, 3.05) is 33.2 Å². The van der Waals surface area contributed by atoms with Gasteiger partial charge in [0.1, 0.15) is 5.82 Å². The molecule has 2 aliphatic heterocycles. The average Bonchev–Trinajstić information content (AvgIpc) is 3.10. The molecule has 0 N–H and O–H groups in total. The van der Waals surface area contributed by atoms with Gasteiger partial charge in [0.25, 0.3) is 5.56 Å². The number of benzene rings is 1. The second-order valence-corrected chi connectivity index (χ2v) is 9.20. The van der Waals surface area contributed by atoms with Gasteiger partial charge in [0.2, 0.25) is 5.91 Å². The summed E-state index contributed by atoms with van der Waals surface area (Å²) in [7, 11) is 1.89. The van der Waals surface area contributed by atoms with E-state index in [4.69, 9.17) is 4.98 Å². The molecule has 2 atom stereocenters. The first kappa shape index (κ1) is 21.8. The zero-order valence-electron chi connectivity index (χ0n) is 18.8. The van der Waals surface area contributed by atoms with E-state index in [-0.39, 0.29) is 17.4 Å². The highest BCUT2D eigenvalue weighted by Crippen LogP contribution is 2.26. The summed E-state index contributed by atoms with van der Waals surface area (Å²) in [6.45, 7) is 5.76. The van der Waals surface area contributed by atoms with Crippen LogP contribution >= 0.6 is 0 Å². The van der Waals surface area contributed by atoms with Gasteiger partial charge in [0, 0.05) is 45.1 Å². The molecular formula is C25H34N4O2. The van der Waals surface area contributed by atoms with Crippen molar-refractivity contribution in [3.63, 3.8) is 0 Å². The number of aromatic nitrogens is 2. The Bertz CT molecular complexity index is 956. The van der Waals surface area contributed by atoms with Gasteiger partial charge in [0.15, 0.2) is 0 Å². The highest BCUT2D eigenvalue weighted by atomic mass is 16.2. The van der Waals surface area contributed by atoms with E-state index in [1.165, 1.54) is 5.56 Å². The summed E-state index contributed by atoms with van der Waals surface area (Å²) in [6, 6.07) is 12.1. The third kappa shape index (κ3) is 5.24. The van der Waals surface area contributed by atoms with E-state index < -0.39 is 0 Å². The quantitative estimate of drug-likeness (QED) is 0.718. The van der Waals surface area contributed by atoms with E-state index in [2.05, 4.69) is 24.0 Å². The van der Waals surface area contributed by atoms with E-state index in [0.717, 1.165) is 63.3 Å². The number of hydrogen-bond acceptors (Lipinski definition) is 4. The molecule has 4 rings (SSSR count). The van der Waals surface area contributed by atoms with Gasteiger partial charge in [-0.25, -0.2) is 4.98 Å². The Balaban J connectivity index is 1.34. The number of likely N-dealkylation sites (tertiary alicyclic amines) is 1. The lowest BCUT2D eigenvalue weighted by Crippen LogP contribution is -2.39. The Morgan fingerprint density at radius 2 is 2.00 bits per heavy atom. The number of hydrogen-bond donors (Lipinski definition) is 0. The molecule has 1 aromatic carbocycles.